The molecule has 0 saturated carbocycles. The lowest BCUT2D eigenvalue weighted by Gasteiger charge is -2.17. The third-order valence-corrected chi connectivity index (χ3v) is 3.58. The Labute approximate surface area is 103 Å². The predicted molar refractivity (Wildman–Crippen MR) is 70.8 cm³/mol. The minimum Gasteiger partial charge on any atom is -0.283 e. The molecule has 0 spiro atoms. The van der Waals surface area contributed by atoms with Crippen molar-refractivity contribution >= 4 is 15.7 Å². The zero-order valence-corrected chi connectivity index (χ0v) is 10.9. The van der Waals surface area contributed by atoms with Gasteiger partial charge in [0.15, 0.2) is 0 Å². The van der Waals surface area contributed by atoms with Crippen molar-refractivity contribution in [3.63, 3.8) is 0 Å². The van der Waals surface area contributed by atoms with Crippen LogP contribution in [0, 0.1) is 6.92 Å². The summed E-state index contributed by atoms with van der Waals surface area (Å²) in [7, 11) is -3.23. The SMILES string of the molecule is Cc1cccc(C2C=CCC2)c1NS(C)(=O)=O. The molecule has 0 saturated heterocycles. The summed E-state index contributed by atoms with van der Waals surface area (Å²) in [6, 6.07) is 5.90. The average Bonchev–Trinajstić information content (AvgIpc) is 2.72. The van der Waals surface area contributed by atoms with Gasteiger partial charge in [-0.05, 0) is 30.9 Å². The van der Waals surface area contributed by atoms with Crippen molar-refractivity contribution in [3.05, 3.63) is 41.5 Å². The Morgan fingerprint density at radius 2 is 2.12 bits per heavy atom. The van der Waals surface area contributed by atoms with Gasteiger partial charge in [-0.1, -0.05) is 30.4 Å². The lowest BCUT2D eigenvalue weighted by molar-refractivity contribution is 0.606. The minimum atomic E-state index is -3.23. The molecule has 92 valence electrons. The maximum Gasteiger partial charge on any atom is 0.229 e. The van der Waals surface area contributed by atoms with E-state index < -0.39 is 10.0 Å². The van der Waals surface area contributed by atoms with Gasteiger partial charge in [0.25, 0.3) is 0 Å². The van der Waals surface area contributed by atoms with Crippen LogP contribution in [0.2, 0.25) is 0 Å². The van der Waals surface area contributed by atoms with Crippen LogP contribution >= 0.6 is 0 Å². The maximum atomic E-state index is 11.4. The summed E-state index contributed by atoms with van der Waals surface area (Å²) in [5, 5.41) is 0. The number of benzene rings is 1. The number of allylic oxidation sites excluding steroid dienone is 2. The first-order chi connectivity index (χ1) is 7.97. The Hall–Kier alpha value is -1.29. The highest BCUT2D eigenvalue weighted by Crippen LogP contribution is 2.35. The molecule has 1 aromatic carbocycles. The Kier molecular flexibility index (Phi) is 3.24. The van der Waals surface area contributed by atoms with E-state index in [0.29, 0.717) is 5.92 Å². The fourth-order valence-corrected chi connectivity index (χ4v) is 2.87. The molecule has 0 fully saturated rings. The van der Waals surface area contributed by atoms with Crippen molar-refractivity contribution in [2.24, 2.45) is 0 Å². The highest BCUT2D eigenvalue weighted by molar-refractivity contribution is 7.92. The van der Waals surface area contributed by atoms with Crippen LogP contribution in [-0.4, -0.2) is 14.7 Å². The second-order valence-corrected chi connectivity index (χ2v) is 6.27. The van der Waals surface area contributed by atoms with Crippen molar-refractivity contribution < 1.29 is 8.42 Å². The van der Waals surface area contributed by atoms with E-state index >= 15 is 0 Å². The van der Waals surface area contributed by atoms with Crippen LogP contribution in [0.3, 0.4) is 0 Å². The van der Waals surface area contributed by atoms with Crippen LogP contribution in [0.5, 0.6) is 0 Å². The van der Waals surface area contributed by atoms with Gasteiger partial charge in [0, 0.05) is 5.92 Å². The molecule has 4 heteroatoms. The summed E-state index contributed by atoms with van der Waals surface area (Å²) >= 11 is 0. The van der Waals surface area contributed by atoms with Crippen LogP contribution in [0.15, 0.2) is 30.4 Å². The average molecular weight is 251 g/mol. The molecule has 0 radical (unpaired) electrons. The number of anilines is 1. The molecule has 0 amide bonds. The lowest BCUT2D eigenvalue weighted by atomic mass is 9.95. The van der Waals surface area contributed by atoms with E-state index in [-0.39, 0.29) is 0 Å². The molecule has 17 heavy (non-hydrogen) atoms. The van der Waals surface area contributed by atoms with E-state index in [1.807, 2.05) is 25.1 Å². The third kappa shape index (κ3) is 2.88. The Morgan fingerprint density at radius 3 is 2.71 bits per heavy atom. The van der Waals surface area contributed by atoms with Gasteiger partial charge in [0.05, 0.1) is 11.9 Å². The summed E-state index contributed by atoms with van der Waals surface area (Å²) in [6.07, 6.45) is 7.62. The van der Waals surface area contributed by atoms with Crippen LogP contribution in [0.4, 0.5) is 5.69 Å². The van der Waals surface area contributed by atoms with Crippen molar-refractivity contribution in [3.8, 4) is 0 Å². The first-order valence-corrected chi connectivity index (χ1v) is 7.60. The molecule has 0 aliphatic heterocycles. The maximum absolute atomic E-state index is 11.4. The molecule has 0 aromatic heterocycles. The van der Waals surface area contributed by atoms with Crippen molar-refractivity contribution in [1.82, 2.24) is 0 Å². The first-order valence-electron chi connectivity index (χ1n) is 5.71. The van der Waals surface area contributed by atoms with Gasteiger partial charge in [-0.3, -0.25) is 4.72 Å². The van der Waals surface area contributed by atoms with Gasteiger partial charge < -0.3 is 0 Å². The molecule has 1 aromatic rings. The van der Waals surface area contributed by atoms with Gasteiger partial charge in [-0.15, -0.1) is 0 Å². The summed E-state index contributed by atoms with van der Waals surface area (Å²) in [4.78, 5) is 0. The standard InChI is InChI=1S/C13H17NO2S/c1-10-6-5-9-12(11-7-3-4-8-11)13(10)14-17(2,15)16/h3,5-7,9,11,14H,4,8H2,1-2H3. The number of nitrogens with one attached hydrogen (secondary N) is 1. The Balaban J connectivity index is 2.44. The molecule has 1 unspecified atom stereocenters. The summed E-state index contributed by atoms with van der Waals surface area (Å²) < 4.78 is 25.4. The molecule has 0 bridgehead atoms. The van der Waals surface area contributed by atoms with Crippen LogP contribution in [-0.2, 0) is 10.0 Å². The van der Waals surface area contributed by atoms with E-state index in [1.54, 1.807) is 0 Å². The normalized spacial score (nSPS) is 19.5. The number of aryl methyl sites for hydroxylation is 1. The lowest BCUT2D eigenvalue weighted by Crippen LogP contribution is -2.13. The molecule has 3 nitrogen and oxygen atoms in total. The van der Waals surface area contributed by atoms with E-state index in [4.69, 9.17) is 0 Å². The number of rotatable bonds is 3. The third-order valence-electron chi connectivity index (χ3n) is 3.00. The monoisotopic (exact) mass is 251 g/mol. The van der Waals surface area contributed by atoms with Gasteiger partial charge in [0.1, 0.15) is 0 Å². The summed E-state index contributed by atoms with van der Waals surface area (Å²) in [5.41, 5.74) is 2.78. The molecule has 2 rings (SSSR count). The quantitative estimate of drug-likeness (QED) is 0.840. The number of hydrogen-bond acceptors (Lipinski definition) is 2. The molecule has 0 heterocycles. The zero-order valence-electron chi connectivity index (χ0n) is 10.1. The fourth-order valence-electron chi connectivity index (χ4n) is 2.22. The Morgan fingerprint density at radius 1 is 1.35 bits per heavy atom. The van der Waals surface area contributed by atoms with Crippen LogP contribution in [0.25, 0.3) is 0 Å². The summed E-state index contributed by atoms with van der Waals surface area (Å²) in [6.45, 7) is 1.93. The smallest absolute Gasteiger partial charge is 0.229 e. The molecular weight excluding hydrogens is 234 g/mol. The van der Waals surface area contributed by atoms with Crippen molar-refractivity contribution in [1.29, 1.82) is 0 Å². The molecule has 1 atom stereocenters. The van der Waals surface area contributed by atoms with E-state index in [1.165, 1.54) is 6.26 Å². The topological polar surface area (TPSA) is 46.2 Å². The van der Waals surface area contributed by atoms with Gasteiger partial charge in [-0.25, -0.2) is 8.42 Å². The number of hydrogen-bond donors (Lipinski definition) is 1. The second-order valence-electron chi connectivity index (χ2n) is 4.53. The summed E-state index contributed by atoms with van der Waals surface area (Å²) in [5.74, 6) is 0.333. The fraction of sp³-hybridized carbons (Fsp3) is 0.385. The molecular formula is C13H17NO2S. The minimum absolute atomic E-state index is 0.333. The molecule has 1 N–H and O–H groups in total. The van der Waals surface area contributed by atoms with E-state index in [0.717, 1.165) is 29.7 Å². The molecule has 1 aliphatic carbocycles. The van der Waals surface area contributed by atoms with Gasteiger partial charge in [0.2, 0.25) is 10.0 Å². The van der Waals surface area contributed by atoms with E-state index in [9.17, 15) is 8.42 Å². The van der Waals surface area contributed by atoms with E-state index in [2.05, 4.69) is 16.9 Å². The molecule has 1 aliphatic rings. The van der Waals surface area contributed by atoms with Crippen LogP contribution in [0.1, 0.15) is 29.9 Å². The highest BCUT2D eigenvalue weighted by atomic mass is 32.2. The van der Waals surface area contributed by atoms with Gasteiger partial charge >= 0.3 is 0 Å². The van der Waals surface area contributed by atoms with Crippen molar-refractivity contribution in [2.75, 3.05) is 11.0 Å². The predicted octanol–water partition coefficient (Wildman–Crippen LogP) is 2.80. The number of sulfonamides is 1. The van der Waals surface area contributed by atoms with Crippen LogP contribution < -0.4 is 4.72 Å². The first kappa shape index (κ1) is 12.2. The van der Waals surface area contributed by atoms with Crippen molar-refractivity contribution in [2.45, 2.75) is 25.7 Å². The zero-order chi connectivity index (χ0) is 12.5. The highest BCUT2D eigenvalue weighted by Gasteiger charge is 2.18. The van der Waals surface area contributed by atoms with Gasteiger partial charge in [-0.2, -0.15) is 0 Å². The Bertz CT molecular complexity index is 547. The largest absolute Gasteiger partial charge is 0.283 e. The number of para-hydroxylation sites is 1. The second kappa shape index (κ2) is 4.53.